The Labute approximate surface area is 136 Å². The van der Waals surface area contributed by atoms with Gasteiger partial charge in [-0.05, 0) is 48.4 Å². The fourth-order valence-corrected chi connectivity index (χ4v) is 3.53. The molecule has 0 aliphatic rings. The van der Waals surface area contributed by atoms with Crippen molar-refractivity contribution in [1.82, 2.24) is 4.72 Å². The second-order valence-corrected chi connectivity index (χ2v) is 6.96. The Morgan fingerprint density at radius 3 is 2.18 bits per heavy atom. The molecule has 0 amide bonds. The van der Waals surface area contributed by atoms with Crippen molar-refractivity contribution in [3.05, 3.63) is 59.1 Å². The van der Waals surface area contributed by atoms with Crippen LogP contribution in [0, 0.1) is 0 Å². The Balaban J connectivity index is 2.22. The molecule has 0 spiro atoms. The minimum atomic E-state index is -3.59. The Bertz CT molecular complexity index is 712. The molecule has 0 saturated carbocycles. The molecule has 6 heteroatoms. The average Bonchev–Trinajstić information content (AvgIpc) is 2.53. The van der Waals surface area contributed by atoms with Gasteiger partial charge in [0.25, 0.3) is 0 Å². The molecule has 2 aromatic carbocycles. The van der Waals surface area contributed by atoms with Gasteiger partial charge in [-0.1, -0.05) is 30.7 Å². The van der Waals surface area contributed by atoms with Gasteiger partial charge in [-0.25, -0.2) is 13.1 Å². The first-order valence-corrected chi connectivity index (χ1v) is 8.74. The number of benzene rings is 2. The molecule has 0 bridgehead atoms. The quantitative estimate of drug-likeness (QED) is 0.871. The van der Waals surface area contributed by atoms with Crippen LogP contribution in [0.25, 0.3) is 0 Å². The highest BCUT2D eigenvalue weighted by atomic mass is 35.5. The maximum absolute atomic E-state index is 12.4. The summed E-state index contributed by atoms with van der Waals surface area (Å²) in [6, 6.07) is 13.1. The number of hydrogen-bond acceptors (Lipinski definition) is 3. The summed E-state index contributed by atoms with van der Waals surface area (Å²) in [6.45, 7) is 1.93. The Morgan fingerprint density at radius 2 is 1.68 bits per heavy atom. The predicted octanol–water partition coefficient (Wildman–Crippen LogP) is 3.78. The summed E-state index contributed by atoms with van der Waals surface area (Å²) < 4.78 is 32.7. The number of nitrogens with one attached hydrogen (secondary N) is 1. The normalized spacial score (nSPS) is 12.9. The molecule has 4 nitrogen and oxygen atoms in total. The molecular weight excluding hydrogens is 322 g/mol. The van der Waals surface area contributed by atoms with E-state index in [9.17, 15) is 8.42 Å². The standard InChI is InChI=1S/C16H18ClNO3S/c1-3-16(12-4-8-14(21-2)9-5-12)18-22(19,20)15-10-6-13(17)7-11-15/h4-11,16,18H,3H2,1-2H3. The van der Waals surface area contributed by atoms with Crippen molar-refractivity contribution >= 4 is 21.6 Å². The monoisotopic (exact) mass is 339 g/mol. The Morgan fingerprint density at radius 1 is 1.09 bits per heavy atom. The lowest BCUT2D eigenvalue weighted by Gasteiger charge is -2.18. The molecule has 22 heavy (non-hydrogen) atoms. The first-order valence-electron chi connectivity index (χ1n) is 6.88. The predicted molar refractivity (Wildman–Crippen MR) is 87.8 cm³/mol. The zero-order chi connectivity index (χ0) is 16.2. The van der Waals surface area contributed by atoms with Crippen LogP contribution in [0.15, 0.2) is 53.4 Å². The smallest absolute Gasteiger partial charge is 0.241 e. The zero-order valence-electron chi connectivity index (χ0n) is 12.4. The van der Waals surface area contributed by atoms with E-state index < -0.39 is 10.0 Å². The van der Waals surface area contributed by atoms with E-state index in [-0.39, 0.29) is 10.9 Å². The summed E-state index contributed by atoms with van der Waals surface area (Å²) in [5, 5.41) is 0.501. The van der Waals surface area contributed by atoms with Gasteiger partial charge in [-0.2, -0.15) is 0 Å². The van der Waals surface area contributed by atoms with E-state index in [1.807, 2.05) is 31.2 Å². The number of sulfonamides is 1. The van der Waals surface area contributed by atoms with Gasteiger partial charge >= 0.3 is 0 Å². The second kappa shape index (κ2) is 7.13. The molecule has 0 saturated heterocycles. The van der Waals surface area contributed by atoms with E-state index in [1.54, 1.807) is 19.2 Å². The van der Waals surface area contributed by atoms with Crippen molar-refractivity contribution in [2.45, 2.75) is 24.3 Å². The molecule has 118 valence electrons. The highest BCUT2D eigenvalue weighted by Crippen LogP contribution is 2.23. The summed E-state index contributed by atoms with van der Waals surface area (Å²) in [7, 11) is -2.00. The van der Waals surface area contributed by atoms with Crippen LogP contribution in [-0.4, -0.2) is 15.5 Å². The molecule has 0 aliphatic carbocycles. The zero-order valence-corrected chi connectivity index (χ0v) is 14.0. The van der Waals surface area contributed by atoms with Gasteiger partial charge in [-0.3, -0.25) is 0 Å². The van der Waals surface area contributed by atoms with Crippen LogP contribution in [0.1, 0.15) is 24.9 Å². The van der Waals surface area contributed by atoms with Crippen LogP contribution in [0.4, 0.5) is 0 Å². The summed E-state index contributed by atoms with van der Waals surface area (Å²) in [6.07, 6.45) is 0.638. The van der Waals surface area contributed by atoms with Gasteiger partial charge in [0.2, 0.25) is 10.0 Å². The summed E-state index contributed by atoms with van der Waals surface area (Å²) in [5.41, 5.74) is 0.890. The number of ether oxygens (including phenoxy) is 1. The van der Waals surface area contributed by atoms with E-state index in [2.05, 4.69) is 4.72 Å². The van der Waals surface area contributed by atoms with E-state index in [0.29, 0.717) is 11.4 Å². The summed E-state index contributed by atoms with van der Waals surface area (Å²) in [4.78, 5) is 0.198. The molecule has 0 fully saturated rings. The first kappa shape index (κ1) is 16.8. The van der Waals surface area contributed by atoms with Crippen molar-refractivity contribution < 1.29 is 13.2 Å². The summed E-state index contributed by atoms with van der Waals surface area (Å²) in [5.74, 6) is 0.735. The minimum absolute atomic E-state index is 0.198. The van der Waals surface area contributed by atoms with E-state index in [1.165, 1.54) is 12.1 Å². The maximum atomic E-state index is 12.4. The van der Waals surface area contributed by atoms with Gasteiger partial charge < -0.3 is 4.74 Å². The van der Waals surface area contributed by atoms with Crippen LogP contribution < -0.4 is 9.46 Å². The lowest BCUT2D eigenvalue weighted by molar-refractivity contribution is 0.414. The lowest BCUT2D eigenvalue weighted by atomic mass is 10.1. The molecule has 0 aromatic heterocycles. The van der Waals surface area contributed by atoms with Crippen molar-refractivity contribution in [3.8, 4) is 5.75 Å². The van der Waals surface area contributed by atoms with Crippen LogP contribution in [0.3, 0.4) is 0 Å². The van der Waals surface area contributed by atoms with Gasteiger partial charge in [0.1, 0.15) is 5.75 Å². The van der Waals surface area contributed by atoms with Crippen LogP contribution in [-0.2, 0) is 10.0 Å². The maximum Gasteiger partial charge on any atom is 0.241 e. The van der Waals surface area contributed by atoms with Crippen molar-refractivity contribution in [2.24, 2.45) is 0 Å². The molecule has 0 heterocycles. The first-order chi connectivity index (χ1) is 10.5. The molecule has 2 rings (SSSR count). The van der Waals surface area contributed by atoms with Crippen molar-refractivity contribution in [2.75, 3.05) is 7.11 Å². The minimum Gasteiger partial charge on any atom is -0.497 e. The molecule has 1 unspecified atom stereocenters. The van der Waals surface area contributed by atoms with Gasteiger partial charge in [0.15, 0.2) is 0 Å². The largest absolute Gasteiger partial charge is 0.497 e. The Kier molecular flexibility index (Phi) is 5.45. The number of halogens is 1. The van der Waals surface area contributed by atoms with Gasteiger partial charge in [0, 0.05) is 11.1 Å². The van der Waals surface area contributed by atoms with E-state index in [0.717, 1.165) is 11.3 Å². The third kappa shape index (κ3) is 4.00. The highest BCUT2D eigenvalue weighted by molar-refractivity contribution is 7.89. The number of rotatable bonds is 6. The number of hydrogen-bond donors (Lipinski definition) is 1. The SMILES string of the molecule is CCC(NS(=O)(=O)c1ccc(Cl)cc1)c1ccc(OC)cc1. The molecule has 1 atom stereocenters. The molecule has 0 aliphatic heterocycles. The van der Waals surface area contributed by atoms with Gasteiger partial charge in [0.05, 0.1) is 12.0 Å². The second-order valence-electron chi connectivity index (χ2n) is 4.81. The summed E-state index contributed by atoms with van der Waals surface area (Å²) >= 11 is 5.79. The number of methoxy groups -OCH3 is 1. The lowest BCUT2D eigenvalue weighted by Crippen LogP contribution is -2.28. The van der Waals surface area contributed by atoms with E-state index >= 15 is 0 Å². The average molecular weight is 340 g/mol. The van der Waals surface area contributed by atoms with Gasteiger partial charge in [-0.15, -0.1) is 0 Å². The highest BCUT2D eigenvalue weighted by Gasteiger charge is 2.20. The van der Waals surface area contributed by atoms with Crippen LogP contribution in [0.2, 0.25) is 5.02 Å². The fraction of sp³-hybridized carbons (Fsp3) is 0.250. The van der Waals surface area contributed by atoms with Crippen LogP contribution >= 0.6 is 11.6 Å². The van der Waals surface area contributed by atoms with Crippen LogP contribution in [0.5, 0.6) is 5.75 Å². The molecule has 1 N–H and O–H groups in total. The molecular formula is C16H18ClNO3S. The fourth-order valence-electron chi connectivity index (χ4n) is 2.09. The topological polar surface area (TPSA) is 55.4 Å². The third-order valence-electron chi connectivity index (χ3n) is 3.35. The molecule has 2 aromatic rings. The van der Waals surface area contributed by atoms with Crippen molar-refractivity contribution in [3.63, 3.8) is 0 Å². The molecule has 0 radical (unpaired) electrons. The van der Waals surface area contributed by atoms with E-state index in [4.69, 9.17) is 16.3 Å². The third-order valence-corrected chi connectivity index (χ3v) is 5.09. The Hall–Kier alpha value is -1.56. The van der Waals surface area contributed by atoms with Crippen molar-refractivity contribution in [1.29, 1.82) is 0 Å².